The first kappa shape index (κ1) is 35.4. The Bertz CT molecular complexity index is 439. The summed E-state index contributed by atoms with van der Waals surface area (Å²) in [5, 5.41) is 0. The Hall–Kier alpha value is 0.407. The van der Waals surface area contributed by atoms with Crippen LogP contribution in [0.4, 0.5) is 0 Å². The van der Waals surface area contributed by atoms with E-state index in [4.69, 9.17) is 31.9 Å². The summed E-state index contributed by atoms with van der Waals surface area (Å²) in [6.45, 7) is 10.2. The molecule has 0 saturated carbocycles. The van der Waals surface area contributed by atoms with Crippen molar-refractivity contribution in [2.45, 2.75) is 166 Å². The normalized spacial score (nSPS) is 15.3. The molecular formula is C29H62O4SSi. The maximum atomic E-state index is 6.21. The van der Waals surface area contributed by atoms with Gasteiger partial charge < -0.3 is 9.47 Å². The van der Waals surface area contributed by atoms with Crippen molar-refractivity contribution >= 4 is 22.9 Å². The van der Waals surface area contributed by atoms with Crippen molar-refractivity contribution in [3.8, 4) is 0 Å². The quantitative estimate of drug-likeness (QED) is 0.0273. The van der Waals surface area contributed by atoms with E-state index < -0.39 is 10.3 Å². The molecule has 0 heterocycles. The van der Waals surface area contributed by atoms with E-state index in [0.29, 0.717) is 30.1 Å². The van der Waals surface area contributed by atoms with Crippen LogP contribution in [0.5, 0.6) is 0 Å². The van der Waals surface area contributed by atoms with Gasteiger partial charge in [0, 0.05) is 6.61 Å². The van der Waals surface area contributed by atoms with E-state index in [1.54, 1.807) is 0 Å². The average molecular weight is 535 g/mol. The molecule has 0 aromatic carbocycles. The molecule has 0 rings (SSSR count). The van der Waals surface area contributed by atoms with Crippen molar-refractivity contribution in [3.05, 3.63) is 0 Å². The lowest BCUT2D eigenvalue weighted by Gasteiger charge is -2.41. The number of ether oxygens (including phenoxy) is 2. The van der Waals surface area contributed by atoms with Crippen molar-refractivity contribution in [2.24, 2.45) is 0 Å². The average Bonchev–Trinajstić information content (AvgIpc) is 2.84. The molecule has 0 aliphatic carbocycles. The van der Waals surface area contributed by atoms with Crippen LogP contribution in [0.15, 0.2) is 0 Å². The number of rotatable bonds is 28. The summed E-state index contributed by atoms with van der Waals surface area (Å²) in [4.78, 5) is 11.0. The molecule has 0 spiro atoms. The Kier molecular flexibility index (Phi) is 25.0. The fourth-order valence-corrected chi connectivity index (χ4v) is 4.88. The van der Waals surface area contributed by atoms with E-state index >= 15 is 0 Å². The zero-order chi connectivity index (χ0) is 26.1. The summed E-state index contributed by atoms with van der Waals surface area (Å²) < 4.78 is 11.7. The van der Waals surface area contributed by atoms with Crippen LogP contribution in [-0.4, -0.2) is 40.4 Å². The predicted molar refractivity (Wildman–Crippen MR) is 158 cm³/mol. The van der Waals surface area contributed by atoms with E-state index in [1.165, 1.54) is 116 Å². The molecule has 35 heavy (non-hydrogen) atoms. The monoisotopic (exact) mass is 534 g/mol. The molecule has 4 nitrogen and oxygen atoms in total. The van der Waals surface area contributed by atoms with Crippen LogP contribution in [0.2, 0.25) is 0 Å². The summed E-state index contributed by atoms with van der Waals surface area (Å²) in [7, 11) is 0.677. The van der Waals surface area contributed by atoms with Crippen molar-refractivity contribution in [1.29, 1.82) is 0 Å². The van der Waals surface area contributed by atoms with Gasteiger partial charge in [-0.3, -0.25) is 0 Å². The van der Waals surface area contributed by atoms with E-state index in [-0.39, 0.29) is 0 Å². The lowest BCUT2D eigenvalue weighted by molar-refractivity contribution is -0.439. The highest BCUT2D eigenvalue weighted by molar-refractivity contribution is 7.83. The molecule has 0 radical (unpaired) electrons. The first-order chi connectivity index (χ1) is 16.9. The van der Waals surface area contributed by atoms with Gasteiger partial charge in [-0.1, -0.05) is 129 Å². The number of unbranched alkanes of at least 4 members (excludes halogenated alkanes) is 18. The molecule has 2 atom stereocenters. The molecule has 0 aromatic rings. The minimum absolute atomic E-state index is 0.473. The van der Waals surface area contributed by atoms with Crippen molar-refractivity contribution < 1.29 is 19.2 Å². The minimum Gasteiger partial charge on any atom is -0.364 e. The third-order valence-corrected chi connectivity index (χ3v) is 8.67. The maximum absolute atomic E-state index is 6.21. The van der Waals surface area contributed by atoms with Crippen molar-refractivity contribution in [2.75, 3.05) is 19.8 Å². The van der Waals surface area contributed by atoms with Gasteiger partial charge in [0.15, 0.2) is 0 Å². The van der Waals surface area contributed by atoms with Gasteiger partial charge in [-0.15, -0.1) is 12.6 Å². The van der Waals surface area contributed by atoms with Crippen LogP contribution in [0.25, 0.3) is 0 Å². The second-order valence-electron chi connectivity index (χ2n) is 10.5. The van der Waals surface area contributed by atoms with Gasteiger partial charge in [0.2, 0.25) is 5.79 Å². The molecule has 2 unspecified atom stereocenters. The Morgan fingerprint density at radius 2 is 0.886 bits per heavy atom. The van der Waals surface area contributed by atoms with Gasteiger partial charge in [-0.25, -0.2) is 4.89 Å². The molecule has 6 heteroatoms. The highest BCUT2D eigenvalue weighted by Crippen LogP contribution is 2.33. The van der Waals surface area contributed by atoms with Gasteiger partial charge in [-0.2, -0.15) is 4.89 Å². The summed E-state index contributed by atoms with van der Waals surface area (Å²) in [6, 6.07) is 0. The van der Waals surface area contributed by atoms with E-state index in [2.05, 4.69) is 13.8 Å². The molecule has 212 valence electrons. The van der Waals surface area contributed by atoms with Crippen LogP contribution in [-0.2, 0) is 19.2 Å². The second kappa shape index (κ2) is 24.7. The molecule has 0 fully saturated rings. The molecule has 0 N–H and O–H groups in total. The van der Waals surface area contributed by atoms with Crippen molar-refractivity contribution in [3.63, 3.8) is 0 Å². The Balaban J connectivity index is 4.05. The van der Waals surface area contributed by atoms with E-state index in [0.717, 1.165) is 12.8 Å². The summed E-state index contributed by atoms with van der Waals surface area (Å²) in [6.07, 6.45) is 26.3. The Morgan fingerprint density at radius 1 is 0.543 bits per heavy atom. The first-order valence-electron chi connectivity index (χ1n) is 15.2. The van der Waals surface area contributed by atoms with Gasteiger partial charge in [-0.05, 0) is 26.7 Å². The van der Waals surface area contributed by atoms with E-state index in [1.807, 2.05) is 13.8 Å². The van der Waals surface area contributed by atoms with E-state index in [9.17, 15) is 0 Å². The first-order valence-corrected chi connectivity index (χ1v) is 16.7. The number of hydrogen-bond donors (Lipinski definition) is 1. The SMILES string of the molecule is CCCCCCCCCCCCOC([SiH3])(S)C(C)(OCCCCCCCCCCCC)OOCC. The highest BCUT2D eigenvalue weighted by Gasteiger charge is 2.47. The number of hydrogen-bond acceptors (Lipinski definition) is 5. The summed E-state index contributed by atoms with van der Waals surface area (Å²) in [5.74, 6) is -0.990. The van der Waals surface area contributed by atoms with Crippen LogP contribution in [0, 0.1) is 0 Å². The zero-order valence-corrected chi connectivity index (χ0v) is 27.2. The Morgan fingerprint density at radius 3 is 1.26 bits per heavy atom. The second-order valence-corrected chi connectivity index (χ2v) is 13.6. The topological polar surface area (TPSA) is 36.9 Å². The van der Waals surface area contributed by atoms with Gasteiger partial charge in [0.1, 0.15) is 4.56 Å². The lowest BCUT2D eigenvalue weighted by Crippen LogP contribution is -2.54. The van der Waals surface area contributed by atoms with Gasteiger partial charge in [0.05, 0.1) is 23.5 Å². The molecule has 0 saturated heterocycles. The largest absolute Gasteiger partial charge is 0.364 e. The predicted octanol–water partition coefficient (Wildman–Crippen LogP) is 8.49. The highest BCUT2D eigenvalue weighted by atomic mass is 32.1. The Labute approximate surface area is 228 Å². The molecule has 0 aromatic heterocycles. The molecule has 0 amide bonds. The van der Waals surface area contributed by atoms with Crippen LogP contribution < -0.4 is 0 Å². The van der Waals surface area contributed by atoms with Crippen LogP contribution >= 0.6 is 12.6 Å². The third-order valence-electron chi connectivity index (χ3n) is 6.93. The molecule has 0 bridgehead atoms. The third kappa shape index (κ3) is 20.1. The molecular weight excluding hydrogens is 472 g/mol. The number of thiol groups is 1. The van der Waals surface area contributed by atoms with Crippen LogP contribution in [0.1, 0.15) is 156 Å². The summed E-state index contributed by atoms with van der Waals surface area (Å²) >= 11 is 4.85. The van der Waals surface area contributed by atoms with Gasteiger partial charge >= 0.3 is 0 Å². The van der Waals surface area contributed by atoms with Gasteiger partial charge in [0.25, 0.3) is 0 Å². The molecule has 0 aliphatic heterocycles. The summed E-state index contributed by atoms with van der Waals surface area (Å²) in [5.41, 5.74) is 0. The fourth-order valence-electron chi connectivity index (χ4n) is 4.25. The zero-order valence-electron chi connectivity index (χ0n) is 24.3. The smallest absolute Gasteiger partial charge is 0.232 e. The molecule has 0 aliphatic rings. The lowest BCUT2D eigenvalue weighted by atomic mass is 10.1. The maximum Gasteiger partial charge on any atom is 0.232 e. The minimum atomic E-state index is -0.990. The fraction of sp³-hybridized carbons (Fsp3) is 1.00. The standard InChI is InChI=1S/C29H62O4SSi/c1-5-8-10-12-14-16-18-20-22-24-26-30-28(4,33-32-7-3)29(34,35)31-27-25-23-21-19-17-15-13-11-9-6-2/h34H,5-27H2,1-4,35H3. The van der Waals surface area contributed by atoms with Crippen LogP contribution in [0.3, 0.4) is 0 Å². The van der Waals surface area contributed by atoms with Crippen molar-refractivity contribution in [1.82, 2.24) is 0 Å².